The van der Waals surface area contributed by atoms with Crippen molar-refractivity contribution in [3.63, 3.8) is 0 Å². The maximum Gasteiger partial charge on any atom is 0.315 e. The molecular formula is C19H24N2O2. The molecule has 2 amide bonds. The zero-order valence-electron chi connectivity index (χ0n) is 13.7. The number of carbonyl (C=O) groups excluding carboxylic acids is 1. The summed E-state index contributed by atoms with van der Waals surface area (Å²) in [5.74, 6) is 0. The van der Waals surface area contributed by atoms with Crippen LogP contribution in [0, 0.1) is 13.8 Å². The fourth-order valence-electron chi connectivity index (χ4n) is 2.56. The minimum atomic E-state index is -0.192. The first-order valence-corrected chi connectivity index (χ1v) is 7.85. The Kier molecular flexibility index (Phi) is 6.18. The smallest absolute Gasteiger partial charge is 0.315 e. The number of aryl methyl sites for hydroxylation is 2. The van der Waals surface area contributed by atoms with Crippen LogP contribution in [0.4, 0.5) is 4.79 Å². The van der Waals surface area contributed by atoms with Crippen molar-refractivity contribution in [1.29, 1.82) is 0 Å². The second-order valence-electron chi connectivity index (χ2n) is 5.72. The van der Waals surface area contributed by atoms with Gasteiger partial charge in [0.2, 0.25) is 0 Å². The molecule has 2 rings (SSSR count). The fraction of sp³-hybridized carbons (Fsp3) is 0.316. The molecule has 2 aromatic rings. The van der Waals surface area contributed by atoms with Gasteiger partial charge in [-0.3, -0.25) is 0 Å². The summed E-state index contributed by atoms with van der Waals surface area (Å²) in [6.07, 6.45) is 0.812. The summed E-state index contributed by atoms with van der Waals surface area (Å²) in [6.45, 7) is 5.15. The molecule has 0 fully saturated rings. The molecule has 0 aromatic heterocycles. The molecule has 0 aliphatic heterocycles. The van der Waals surface area contributed by atoms with E-state index in [1.807, 2.05) is 24.3 Å². The maximum atomic E-state index is 11.9. The van der Waals surface area contributed by atoms with Gasteiger partial charge in [-0.25, -0.2) is 4.79 Å². The third-order valence-corrected chi connectivity index (χ3v) is 3.91. The summed E-state index contributed by atoms with van der Waals surface area (Å²) in [7, 11) is 0. The van der Waals surface area contributed by atoms with E-state index in [1.54, 1.807) is 0 Å². The monoisotopic (exact) mass is 312 g/mol. The Morgan fingerprint density at radius 1 is 1.00 bits per heavy atom. The number of benzene rings is 2. The Labute approximate surface area is 137 Å². The Morgan fingerprint density at radius 3 is 2.43 bits per heavy atom. The van der Waals surface area contributed by atoms with Crippen LogP contribution in [0.1, 0.15) is 27.8 Å². The molecule has 0 aliphatic carbocycles. The van der Waals surface area contributed by atoms with Crippen molar-refractivity contribution in [3.05, 3.63) is 70.3 Å². The summed E-state index contributed by atoms with van der Waals surface area (Å²) in [4.78, 5) is 11.9. The first kappa shape index (κ1) is 17.0. The first-order chi connectivity index (χ1) is 11.1. The number of hydrogen-bond acceptors (Lipinski definition) is 2. The lowest BCUT2D eigenvalue weighted by molar-refractivity contribution is 0.240. The molecule has 23 heavy (non-hydrogen) atoms. The van der Waals surface area contributed by atoms with Gasteiger partial charge in [-0.05, 0) is 42.5 Å². The molecule has 0 saturated carbocycles. The minimum absolute atomic E-state index is 0.0217. The quantitative estimate of drug-likeness (QED) is 0.768. The van der Waals surface area contributed by atoms with Gasteiger partial charge in [0.25, 0.3) is 0 Å². The van der Waals surface area contributed by atoms with Crippen molar-refractivity contribution in [1.82, 2.24) is 10.6 Å². The molecule has 0 aliphatic rings. The van der Waals surface area contributed by atoms with Crippen molar-refractivity contribution in [3.8, 4) is 0 Å². The van der Waals surface area contributed by atoms with Crippen LogP contribution in [0.25, 0.3) is 0 Å². The van der Waals surface area contributed by atoms with Crippen LogP contribution in [0.5, 0.6) is 0 Å². The standard InChI is InChI=1S/C19H24N2O2/c1-14-7-8-16(15(2)11-14)9-10-20-19(23)21-12-17-5-3-4-6-18(17)13-22/h3-8,11,22H,9-10,12-13H2,1-2H3,(H2,20,21,23). The molecule has 0 atom stereocenters. The highest BCUT2D eigenvalue weighted by Crippen LogP contribution is 2.11. The predicted octanol–water partition coefficient (Wildman–Crippen LogP) is 2.84. The zero-order valence-corrected chi connectivity index (χ0v) is 13.7. The molecule has 0 saturated heterocycles. The summed E-state index contributed by atoms with van der Waals surface area (Å²) in [6, 6.07) is 13.7. The van der Waals surface area contributed by atoms with Crippen molar-refractivity contribution >= 4 is 6.03 Å². The minimum Gasteiger partial charge on any atom is -0.392 e. The molecule has 0 unspecified atom stereocenters. The van der Waals surface area contributed by atoms with Gasteiger partial charge < -0.3 is 15.7 Å². The topological polar surface area (TPSA) is 61.4 Å². The van der Waals surface area contributed by atoms with Gasteiger partial charge >= 0.3 is 6.03 Å². The van der Waals surface area contributed by atoms with Crippen LogP contribution < -0.4 is 10.6 Å². The first-order valence-electron chi connectivity index (χ1n) is 7.85. The molecule has 0 bridgehead atoms. The van der Waals surface area contributed by atoms with E-state index >= 15 is 0 Å². The number of aliphatic hydroxyl groups is 1. The Morgan fingerprint density at radius 2 is 1.74 bits per heavy atom. The van der Waals surface area contributed by atoms with Crippen LogP contribution in [0.2, 0.25) is 0 Å². The lowest BCUT2D eigenvalue weighted by Crippen LogP contribution is -2.36. The van der Waals surface area contributed by atoms with Crippen molar-refractivity contribution in [2.75, 3.05) is 6.54 Å². The molecule has 122 valence electrons. The second kappa shape index (κ2) is 8.34. The Hall–Kier alpha value is -2.33. The van der Waals surface area contributed by atoms with Gasteiger partial charge in [0.15, 0.2) is 0 Å². The number of nitrogens with one attached hydrogen (secondary N) is 2. The Balaban J connectivity index is 1.77. The molecule has 3 N–H and O–H groups in total. The third-order valence-electron chi connectivity index (χ3n) is 3.91. The Bertz CT molecular complexity index is 668. The van der Waals surface area contributed by atoms with Crippen molar-refractivity contribution < 1.29 is 9.90 Å². The van der Waals surface area contributed by atoms with Crippen molar-refractivity contribution in [2.24, 2.45) is 0 Å². The molecule has 0 spiro atoms. The summed E-state index contributed by atoms with van der Waals surface area (Å²) in [5.41, 5.74) is 5.52. The predicted molar refractivity (Wildman–Crippen MR) is 92.2 cm³/mol. The summed E-state index contributed by atoms with van der Waals surface area (Å²) in [5, 5.41) is 15.0. The van der Waals surface area contributed by atoms with E-state index < -0.39 is 0 Å². The molecule has 2 aromatic carbocycles. The normalized spacial score (nSPS) is 10.4. The van der Waals surface area contributed by atoms with Gasteiger partial charge in [0.05, 0.1) is 6.61 Å². The van der Waals surface area contributed by atoms with Gasteiger partial charge in [0, 0.05) is 13.1 Å². The van der Waals surface area contributed by atoms with E-state index in [0.717, 1.165) is 17.5 Å². The van der Waals surface area contributed by atoms with Gasteiger partial charge in [0.1, 0.15) is 0 Å². The average molecular weight is 312 g/mol. The average Bonchev–Trinajstić information content (AvgIpc) is 2.55. The number of amides is 2. The maximum absolute atomic E-state index is 11.9. The van der Waals surface area contributed by atoms with E-state index in [0.29, 0.717) is 13.1 Å². The lowest BCUT2D eigenvalue weighted by Gasteiger charge is -2.11. The van der Waals surface area contributed by atoms with E-state index in [2.05, 4.69) is 42.7 Å². The molecular weight excluding hydrogens is 288 g/mol. The molecule has 0 heterocycles. The fourth-order valence-corrected chi connectivity index (χ4v) is 2.56. The van der Waals surface area contributed by atoms with Crippen LogP contribution in [0.15, 0.2) is 42.5 Å². The largest absolute Gasteiger partial charge is 0.392 e. The third kappa shape index (κ3) is 5.11. The number of rotatable bonds is 6. The van der Waals surface area contributed by atoms with Gasteiger partial charge in [-0.15, -0.1) is 0 Å². The molecule has 0 radical (unpaired) electrons. The number of hydrogen-bond donors (Lipinski definition) is 3. The number of aliphatic hydroxyl groups excluding tert-OH is 1. The second-order valence-corrected chi connectivity index (χ2v) is 5.72. The molecule has 4 heteroatoms. The van der Waals surface area contributed by atoms with E-state index in [1.165, 1.54) is 16.7 Å². The van der Waals surface area contributed by atoms with Crippen LogP contribution in [-0.2, 0) is 19.6 Å². The highest BCUT2D eigenvalue weighted by Gasteiger charge is 2.04. The SMILES string of the molecule is Cc1ccc(CCNC(=O)NCc2ccccc2CO)c(C)c1. The van der Waals surface area contributed by atoms with Crippen LogP contribution >= 0.6 is 0 Å². The summed E-state index contributed by atoms with van der Waals surface area (Å²) >= 11 is 0. The van der Waals surface area contributed by atoms with Crippen LogP contribution in [0.3, 0.4) is 0 Å². The van der Waals surface area contributed by atoms with Gasteiger partial charge in [-0.2, -0.15) is 0 Å². The lowest BCUT2D eigenvalue weighted by atomic mass is 10.0. The van der Waals surface area contributed by atoms with E-state index in [9.17, 15) is 9.90 Å². The van der Waals surface area contributed by atoms with E-state index in [4.69, 9.17) is 0 Å². The number of urea groups is 1. The number of carbonyl (C=O) groups is 1. The highest BCUT2D eigenvalue weighted by atomic mass is 16.3. The van der Waals surface area contributed by atoms with E-state index in [-0.39, 0.29) is 12.6 Å². The highest BCUT2D eigenvalue weighted by molar-refractivity contribution is 5.73. The van der Waals surface area contributed by atoms with Crippen LogP contribution in [-0.4, -0.2) is 17.7 Å². The zero-order chi connectivity index (χ0) is 16.7. The van der Waals surface area contributed by atoms with Gasteiger partial charge in [-0.1, -0.05) is 48.0 Å². The molecule has 4 nitrogen and oxygen atoms in total. The summed E-state index contributed by atoms with van der Waals surface area (Å²) < 4.78 is 0. The van der Waals surface area contributed by atoms with Crippen molar-refractivity contribution in [2.45, 2.75) is 33.4 Å².